The van der Waals surface area contributed by atoms with Gasteiger partial charge in [-0.15, -0.1) is 0 Å². The van der Waals surface area contributed by atoms with Crippen molar-refractivity contribution in [3.8, 4) is 17.4 Å². The number of benzene rings is 1. The highest BCUT2D eigenvalue weighted by Gasteiger charge is 2.31. The quantitative estimate of drug-likeness (QED) is 0.653. The van der Waals surface area contributed by atoms with Gasteiger partial charge in [-0.2, -0.15) is 18.4 Å². The summed E-state index contributed by atoms with van der Waals surface area (Å²) in [6, 6.07) is 6.89. The summed E-state index contributed by atoms with van der Waals surface area (Å²) in [5, 5.41) is 17.5. The zero-order chi connectivity index (χ0) is 17.2. The van der Waals surface area contributed by atoms with Crippen LogP contribution in [0.1, 0.15) is 11.3 Å². The number of carboxylic acid groups (broad SMARTS) is 1. The Kier molecular flexibility index (Phi) is 4.48. The Hall–Kier alpha value is -2.72. The average Bonchev–Trinajstić information content (AvgIpc) is 2.92. The molecule has 0 aliphatic carbocycles. The van der Waals surface area contributed by atoms with Crippen molar-refractivity contribution in [3.63, 3.8) is 0 Å². The Morgan fingerprint density at radius 1 is 1.30 bits per heavy atom. The van der Waals surface area contributed by atoms with Crippen LogP contribution in [-0.4, -0.2) is 11.1 Å². The first-order valence-electron chi connectivity index (χ1n) is 6.04. The second-order valence-corrected chi connectivity index (χ2v) is 4.78. The molecule has 0 spiro atoms. The summed E-state index contributed by atoms with van der Waals surface area (Å²) in [6.07, 6.45) is -3.57. The molecule has 2 aromatic rings. The molecule has 118 valence electrons. The zero-order valence-electron chi connectivity index (χ0n) is 11.2. The Morgan fingerprint density at radius 3 is 2.57 bits per heavy atom. The van der Waals surface area contributed by atoms with Crippen molar-refractivity contribution in [2.75, 3.05) is 0 Å². The van der Waals surface area contributed by atoms with Gasteiger partial charge in [0, 0.05) is 11.6 Å². The van der Waals surface area contributed by atoms with Gasteiger partial charge in [0.1, 0.15) is 23.2 Å². The predicted octanol–water partition coefficient (Wildman–Crippen LogP) is 4.61. The van der Waals surface area contributed by atoms with Gasteiger partial charge in [0.15, 0.2) is 0 Å². The topological polar surface area (TPSA) is 74.2 Å². The Bertz CT molecular complexity index is 831. The first kappa shape index (κ1) is 16.6. The number of rotatable bonds is 3. The number of nitriles is 1. The number of carboxylic acids is 1. The van der Waals surface area contributed by atoms with Crippen LogP contribution in [0.15, 0.2) is 40.3 Å². The molecule has 0 bridgehead atoms. The molecule has 2 rings (SSSR count). The van der Waals surface area contributed by atoms with Crippen LogP contribution in [0.2, 0.25) is 5.02 Å². The van der Waals surface area contributed by atoms with E-state index in [9.17, 15) is 18.0 Å². The first-order chi connectivity index (χ1) is 10.7. The summed E-state index contributed by atoms with van der Waals surface area (Å²) < 4.78 is 43.5. The van der Waals surface area contributed by atoms with Gasteiger partial charge in [-0.3, -0.25) is 0 Å². The molecule has 1 N–H and O–H groups in total. The maximum Gasteiger partial charge on any atom is 0.416 e. The number of hydrogen-bond acceptors (Lipinski definition) is 3. The van der Waals surface area contributed by atoms with E-state index >= 15 is 0 Å². The smallest absolute Gasteiger partial charge is 0.416 e. The molecule has 0 fully saturated rings. The molecule has 0 aliphatic rings. The summed E-state index contributed by atoms with van der Waals surface area (Å²) >= 11 is 5.88. The Balaban J connectivity index is 2.46. The minimum absolute atomic E-state index is 0.00688. The lowest BCUT2D eigenvalue weighted by Gasteiger charge is -2.09. The number of hydrogen-bond donors (Lipinski definition) is 1. The molecule has 0 unspecified atom stereocenters. The van der Waals surface area contributed by atoms with Crippen LogP contribution >= 0.6 is 11.6 Å². The van der Waals surface area contributed by atoms with Crippen LogP contribution in [0.25, 0.3) is 17.4 Å². The van der Waals surface area contributed by atoms with Crippen LogP contribution in [0, 0.1) is 11.3 Å². The van der Waals surface area contributed by atoms with Gasteiger partial charge >= 0.3 is 12.1 Å². The number of halogens is 4. The fourth-order valence-electron chi connectivity index (χ4n) is 1.75. The fraction of sp³-hybridized carbons (Fsp3) is 0.0667. The molecule has 0 saturated heterocycles. The van der Waals surface area contributed by atoms with E-state index in [2.05, 4.69) is 0 Å². The lowest BCUT2D eigenvalue weighted by Crippen LogP contribution is -2.04. The lowest BCUT2D eigenvalue weighted by molar-refractivity contribution is -0.137. The molecule has 0 amide bonds. The van der Waals surface area contributed by atoms with Crippen LogP contribution in [0.4, 0.5) is 13.2 Å². The van der Waals surface area contributed by atoms with Crippen LogP contribution in [0.3, 0.4) is 0 Å². The molecule has 0 radical (unpaired) electrons. The van der Waals surface area contributed by atoms with E-state index < -0.39 is 23.3 Å². The largest absolute Gasteiger partial charge is 0.477 e. The van der Waals surface area contributed by atoms with E-state index in [0.717, 1.165) is 24.3 Å². The van der Waals surface area contributed by atoms with Crippen molar-refractivity contribution < 1.29 is 27.5 Å². The van der Waals surface area contributed by atoms with E-state index in [1.54, 1.807) is 0 Å². The second-order valence-electron chi connectivity index (χ2n) is 4.37. The molecule has 8 heteroatoms. The van der Waals surface area contributed by atoms with Crippen molar-refractivity contribution in [2.24, 2.45) is 0 Å². The molecule has 0 atom stereocenters. The lowest BCUT2D eigenvalue weighted by atomic mass is 10.1. The maximum atomic E-state index is 12.7. The average molecular weight is 342 g/mol. The van der Waals surface area contributed by atoms with Gasteiger partial charge in [-0.25, -0.2) is 4.79 Å². The van der Waals surface area contributed by atoms with Crippen molar-refractivity contribution in [1.82, 2.24) is 0 Å². The molecule has 4 nitrogen and oxygen atoms in total. The molecular formula is C15H7ClF3NO3. The third kappa shape index (κ3) is 3.73. The molecule has 0 saturated carbocycles. The van der Waals surface area contributed by atoms with Crippen molar-refractivity contribution in [3.05, 3.63) is 52.3 Å². The van der Waals surface area contributed by atoms with Crippen molar-refractivity contribution in [2.45, 2.75) is 6.18 Å². The van der Waals surface area contributed by atoms with E-state index in [1.807, 2.05) is 0 Å². The highest BCUT2D eigenvalue weighted by molar-refractivity contribution is 6.33. The summed E-state index contributed by atoms with van der Waals surface area (Å²) in [7, 11) is 0. The van der Waals surface area contributed by atoms with Gasteiger partial charge in [-0.05, 0) is 30.3 Å². The van der Waals surface area contributed by atoms with Crippen LogP contribution in [-0.2, 0) is 11.0 Å². The summed E-state index contributed by atoms with van der Waals surface area (Å²) in [5.41, 5.74) is -1.45. The maximum absolute atomic E-state index is 12.7. The minimum Gasteiger partial charge on any atom is -0.477 e. The third-order valence-corrected chi connectivity index (χ3v) is 3.15. The summed E-state index contributed by atoms with van der Waals surface area (Å²) in [6.45, 7) is 0. The SMILES string of the molecule is N#CC(=Cc1ccc(-c2cc(C(F)(F)F)ccc2Cl)o1)C(=O)O. The number of alkyl halides is 3. The first-order valence-corrected chi connectivity index (χ1v) is 6.42. The van der Waals surface area contributed by atoms with Gasteiger partial charge < -0.3 is 9.52 Å². The fourth-order valence-corrected chi connectivity index (χ4v) is 1.96. The highest BCUT2D eigenvalue weighted by Crippen LogP contribution is 2.36. The van der Waals surface area contributed by atoms with E-state index in [-0.39, 0.29) is 22.1 Å². The normalized spacial score (nSPS) is 12.0. The van der Waals surface area contributed by atoms with E-state index in [0.29, 0.717) is 0 Å². The second kappa shape index (κ2) is 6.18. The molecule has 0 aliphatic heterocycles. The van der Waals surface area contributed by atoms with Crippen LogP contribution < -0.4 is 0 Å². The molecule has 1 aromatic carbocycles. The Labute approximate surface area is 133 Å². The Morgan fingerprint density at radius 2 is 2.00 bits per heavy atom. The number of furan rings is 1. The number of aliphatic carboxylic acids is 1. The molecule has 1 aromatic heterocycles. The summed E-state index contributed by atoms with van der Waals surface area (Å²) in [5.74, 6) is -1.41. The van der Waals surface area contributed by atoms with Crippen molar-refractivity contribution in [1.29, 1.82) is 5.26 Å². The molecule has 1 heterocycles. The number of nitrogens with zero attached hydrogens (tertiary/aromatic N) is 1. The summed E-state index contributed by atoms with van der Waals surface area (Å²) in [4.78, 5) is 10.7. The highest BCUT2D eigenvalue weighted by atomic mass is 35.5. The minimum atomic E-state index is -4.54. The van der Waals surface area contributed by atoms with Gasteiger partial charge in [0.05, 0.1) is 10.6 Å². The number of carbonyl (C=O) groups is 1. The standard InChI is InChI=1S/C15H7ClF3NO3/c16-12-3-1-9(15(17,18)19)6-11(12)13-4-2-10(23-13)5-8(7-20)14(21)22/h1-6H,(H,21,22). The van der Waals surface area contributed by atoms with E-state index in [1.165, 1.54) is 18.2 Å². The van der Waals surface area contributed by atoms with Gasteiger partial charge in [-0.1, -0.05) is 11.6 Å². The van der Waals surface area contributed by atoms with Crippen LogP contribution in [0.5, 0.6) is 0 Å². The molecule has 23 heavy (non-hydrogen) atoms. The van der Waals surface area contributed by atoms with E-state index in [4.69, 9.17) is 26.4 Å². The monoisotopic (exact) mass is 341 g/mol. The zero-order valence-corrected chi connectivity index (χ0v) is 11.9. The third-order valence-electron chi connectivity index (χ3n) is 2.82. The predicted molar refractivity (Wildman–Crippen MR) is 75.4 cm³/mol. The van der Waals surface area contributed by atoms with Gasteiger partial charge in [0.25, 0.3) is 0 Å². The van der Waals surface area contributed by atoms with Crippen molar-refractivity contribution >= 4 is 23.6 Å². The van der Waals surface area contributed by atoms with Gasteiger partial charge in [0.2, 0.25) is 0 Å². The molecular weight excluding hydrogens is 335 g/mol.